The van der Waals surface area contributed by atoms with Crippen molar-refractivity contribution in [1.82, 2.24) is 10.2 Å². The van der Waals surface area contributed by atoms with Crippen molar-refractivity contribution in [1.29, 1.82) is 0 Å². The molecule has 0 unspecified atom stereocenters. The van der Waals surface area contributed by atoms with Gasteiger partial charge in [0.05, 0.1) is 17.7 Å². The number of carbonyl (C=O) groups excluding carboxylic acids is 2. The first-order chi connectivity index (χ1) is 19.5. The van der Waals surface area contributed by atoms with Crippen LogP contribution in [-0.4, -0.2) is 51.4 Å². The number of benzene rings is 3. The first-order valence-electron chi connectivity index (χ1n) is 13.5. The Labute approximate surface area is 248 Å². The topological polar surface area (TPSA) is 96.0 Å². The molecule has 0 aliphatic heterocycles. The zero-order valence-corrected chi connectivity index (χ0v) is 25.7. The molecular weight excluding hydrogens is 562 g/mol. The summed E-state index contributed by atoms with van der Waals surface area (Å²) in [5.74, 6) is -0.0600. The second-order valence-electron chi connectivity index (χ2n) is 10.2. The van der Waals surface area contributed by atoms with Gasteiger partial charge in [0.15, 0.2) is 0 Å². The van der Waals surface area contributed by atoms with Crippen LogP contribution in [0.1, 0.15) is 38.3 Å². The molecule has 0 aliphatic carbocycles. The van der Waals surface area contributed by atoms with Gasteiger partial charge in [-0.15, -0.1) is 0 Å². The van der Waals surface area contributed by atoms with E-state index in [2.05, 4.69) is 5.32 Å². The fourth-order valence-corrected chi connectivity index (χ4v) is 5.78. The highest BCUT2D eigenvalue weighted by Crippen LogP contribution is 2.27. The fraction of sp³-hybridized carbons (Fsp3) is 0.355. The molecule has 0 saturated heterocycles. The van der Waals surface area contributed by atoms with E-state index >= 15 is 0 Å². The number of hydrogen-bond donors (Lipinski definition) is 1. The van der Waals surface area contributed by atoms with Gasteiger partial charge in [-0.05, 0) is 73.4 Å². The minimum Gasteiger partial charge on any atom is -0.497 e. The van der Waals surface area contributed by atoms with Crippen molar-refractivity contribution in [2.24, 2.45) is 5.92 Å². The summed E-state index contributed by atoms with van der Waals surface area (Å²) in [7, 11) is -2.69. The summed E-state index contributed by atoms with van der Waals surface area (Å²) in [6.45, 7) is 7.87. The number of sulfonamides is 1. The van der Waals surface area contributed by atoms with Gasteiger partial charge >= 0.3 is 0 Å². The van der Waals surface area contributed by atoms with Crippen LogP contribution in [0, 0.1) is 12.8 Å². The highest BCUT2D eigenvalue weighted by molar-refractivity contribution is 7.92. The van der Waals surface area contributed by atoms with Gasteiger partial charge in [-0.3, -0.25) is 13.9 Å². The maximum absolute atomic E-state index is 14.1. The fourth-order valence-electron chi connectivity index (χ4n) is 4.24. The van der Waals surface area contributed by atoms with Gasteiger partial charge in [0, 0.05) is 18.1 Å². The van der Waals surface area contributed by atoms with Gasteiger partial charge in [0.2, 0.25) is 11.8 Å². The number of methoxy groups -OCH3 is 1. The molecule has 0 fully saturated rings. The minimum atomic E-state index is -4.19. The first-order valence-corrected chi connectivity index (χ1v) is 15.3. The van der Waals surface area contributed by atoms with Crippen molar-refractivity contribution in [2.45, 2.75) is 51.6 Å². The summed E-state index contributed by atoms with van der Waals surface area (Å²) in [6.07, 6.45) is 0.355. The van der Waals surface area contributed by atoms with Crippen LogP contribution >= 0.6 is 11.6 Å². The zero-order valence-electron chi connectivity index (χ0n) is 24.1. The lowest BCUT2D eigenvalue weighted by Crippen LogP contribution is -2.52. The largest absolute Gasteiger partial charge is 0.497 e. The van der Waals surface area contributed by atoms with Crippen molar-refractivity contribution in [3.05, 3.63) is 88.9 Å². The van der Waals surface area contributed by atoms with Crippen LogP contribution in [0.4, 0.5) is 5.69 Å². The van der Waals surface area contributed by atoms with E-state index in [1.165, 1.54) is 24.1 Å². The Morgan fingerprint density at radius 2 is 1.56 bits per heavy atom. The first kappa shape index (κ1) is 32.0. The van der Waals surface area contributed by atoms with Gasteiger partial charge in [-0.1, -0.05) is 62.2 Å². The Hall–Kier alpha value is -3.56. The van der Waals surface area contributed by atoms with Gasteiger partial charge < -0.3 is 15.0 Å². The summed E-state index contributed by atoms with van der Waals surface area (Å²) in [4.78, 5) is 28.8. The van der Waals surface area contributed by atoms with Crippen LogP contribution in [0.15, 0.2) is 77.7 Å². The average Bonchev–Trinajstić information content (AvgIpc) is 2.96. The third-order valence-electron chi connectivity index (χ3n) is 6.58. The summed E-state index contributed by atoms with van der Waals surface area (Å²) < 4.78 is 34.1. The molecule has 0 aromatic heterocycles. The van der Waals surface area contributed by atoms with Crippen LogP contribution in [0.2, 0.25) is 5.02 Å². The lowest BCUT2D eigenvalue weighted by molar-refractivity contribution is -0.140. The third-order valence-corrected chi connectivity index (χ3v) is 8.62. The molecule has 0 radical (unpaired) electrons. The molecule has 0 saturated carbocycles. The Kier molecular flexibility index (Phi) is 11.2. The number of ether oxygens (including phenoxy) is 1. The average molecular weight is 600 g/mol. The molecule has 1 N–H and O–H groups in total. The predicted molar refractivity (Wildman–Crippen MR) is 163 cm³/mol. The van der Waals surface area contributed by atoms with Crippen LogP contribution in [0.5, 0.6) is 5.75 Å². The van der Waals surface area contributed by atoms with Gasteiger partial charge in [0.25, 0.3) is 10.0 Å². The van der Waals surface area contributed by atoms with Crippen molar-refractivity contribution in [2.75, 3.05) is 24.5 Å². The molecule has 3 aromatic rings. The van der Waals surface area contributed by atoms with Crippen LogP contribution in [0.3, 0.4) is 0 Å². The van der Waals surface area contributed by atoms with E-state index in [1.807, 2.05) is 52.0 Å². The SMILES string of the molecule is CC[C@H](C(=O)NCC(C)C)N(Cc1ccc(C)cc1)C(=O)CN(c1ccc(Cl)cc1)S(=O)(=O)c1ccc(OC)cc1. The number of halogens is 1. The maximum Gasteiger partial charge on any atom is 0.264 e. The van der Waals surface area contributed by atoms with Gasteiger partial charge in [0.1, 0.15) is 18.3 Å². The quantitative estimate of drug-likeness (QED) is 0.283. The monoisotopic (exact) mass is 599 g/mol. The molecule has 10 heteroatoms. The number of aryl methyl sites for hydroxylation is 1. The van der Waals surface area contributed by atoms with E-state index in [0.29, 0.717) is 23.7 Å². The number of nitrogens with one attached hydrogen (secondary N) is 1. The molecular formula is C31H38ClN3O5S. The molecule has 0 spiro atoms. The van der Waals surface area contributed by atoms with Crippen molar-refractivity contribution in [3.63, 3.8) is 0 Å². The summed E-state index contributed by atoms with van der Waals surface area (Å²) in [6, 6.07) is 19.1. The van der Waals surface area contributed by atoms with E-state index in [9.17, 15) is 18.0 Å². The van der Waals surface area contributed by atoms with Crippen LogP contribution in [0.25, 0.3) is 0 Å². The Balaban J connectivity index is 2.03. The van der Waals surface area contributed by atoms with Crippen LogP contribution in [-0.2, 0) is 26.2 Å². The number of nitrogens with zero attached hydrogens (tertiary/aromatic N) is 2. The Bertz CT molecular complexity index is 1410. The van der Waals surface area contributed by atoms with E-state index in [4.69, 9.17) is 16.3 Å². The van der Waals surface area contributed by atoms with Crippen LogP contribution < -0.4 is 14.4 Å². The second-order valence-corrected chi connectivity index (χ2v) is 12.5. The van der Waals surface area contributed by atoms with Gasteiger partial charge in [-0.25, -0.2) is 8.42 Å². The van der Waals surface area contributed by atoms with E-state index in [-0.39, 0.29) is 29.0 Å². The molecule has 0 aliphatic rings. The van der Waals surface area contributed by atoms with E-state index in [0.717, 1.165) is 15.4 Å². The number of rotatable bonds is 13. The third kappa shape index (κ3) is 8.47. The van der Waals surface area contributed by atoms with E-state index < -0.39 is 28.5 Å². The maximum atomic E-state index is 14.1. The molecule has 1 atom stereocenters. The minimum absolute atomic E-state index is 0.00662. The predicted octanol–water partition coefficient (Wildman–Crippen LogP) is 5.43. The van der Waals surface area contributed by atoms with E-state index in [1.54, 1.807) is 36.4 Å². The standard InChI is InChI=1S/C31H38ClN3O5S/c1-6-29(31(37)33-19-22(2)3)34(20-24-9-7-23(4)8-10-24)30(36)21-35(26-13-11-25(32)12-14-26)41(38,39)28-17-15-27(40-5)16-18-28/h7-18,22,29H,6,19-21H2,1-5H3,(H,33,37)/t29-/m1/s1. The molecule has 220 valence electrons. The normalized spacial score (nSPS) is 12.1. The Morgan fingerprint density at radius 1 is 0.951 bits per heavy atom. The molecule has 3 rings (SSSR count). The van der Waals surface area contributed by atoms with Crippen molar-refractivity contribution in [3.8, 4) is 5.75 Å². The molecule has 41 heavy (non-hydrogen) atoms. The number of hydrogen-bond acceptors (Lipinski definition) is 5. The smallest absolute Gasteiger partial charge is 0.264 e. The molecule has 8 nitrogen and oxygen atoms in total. The lowest BCUT2D eigenvalue weighted by atomic mass is 10.1. The number of anilines is 1. The Morgan fingerprint density at radius 3 is 2.10 bits per heavy atom. The highest BCUT2D eigenvalue weighted by atomic mass is 35.5. The number of amides is 2. The number of carbonyl (C=O) groups is 2. The van der Waals surface area contributed by atoms with Gasteiger partial charge in [-0.2, -0.15) is 0 Å². The highest BCUT2D eigenvalue weighted by Gasteiger charge is 2.33. The lowest BCUT2D eigenvalue weighted by Gasteiger charge is -2.33. The summed E-state index contributed by atoms with van der Waals surface area (Å²) >= 11 is 6.08. The molecule has 0 heterocycles. The summed E-state index contributed by atoms with van der Waals surface area (Å²) in [5, 5.41) is 3.36. The van der Waals surface area contributed by atoms with Crippen molar-refractivity contribution >= 4 is 39.1 Å². The zero-order chi connectivity index (χ0) is 30.2. The second kappa shape index (κ2) is 14.4. The molecule has 0 bridgehead atoms. The summed E-state index contributed by atoms with van der Waals surface area (Å²) in [5.41, 5.74) is 2.16. The van der Waals surface area contributed by atoms with Crippen molar-refractivity contribution < 1.29 is 22.7 Å². The molecule has 3 aromatic carbocycles. The molecule has 2 amide bonds.